The number of rotatable bonds is 4. The average molecular weight is 289 g/mol. The van der Waals surface area contributed by atoms with Crippen LogP contribution in [0.4, 0.5) is 5.82 Å². The van der Waals surface area contributed by atoms with E-state index in [-0.39, 0.29) is 0 Å². The number of ether oxygens (including phenoxy) is 1. The molecule has 0 bridgehead atoms. The molecule has 0 aromatic carbocycles. The number of nitrogens with zero attached hydrogens (tertiary/aromatic N) is 2. The van der Waals surface area contributed by atoms with E-state index in [0.717, 1.165) is 16.4 Å². The summed E-state index contributed by atoms with van der Waals surface area (Å²) in [5.41, 5.74) is 0. The fraction of sp³-hybridized carbons (Fsp3) is 0.0769. The molecule has 0 fully saturated rings. The van der Waals surface area contributed by atoms with Crippen molar-refractivity contribution in [2.45, 2.75) is 0 Å². The topological polar surface area (TPSA) is 50.3 Å². The van der Waals surface area contributed by atoms with E-state index in [9.17, 15) is 0 Å². The van der Waals surface area contributed by atoms with Gasteiger partial charge in [0, 0.05) is 21.9 Å². The van der Waals surface area contributed by atoms with Gasteiger partial charge in [0.2, 0.25) is 0 Å². The van der Waals surface area contributed by atoms with Crippen molar-refractivity contribution in [3.63, 3.8) is 0 Å². The van der Waals surface area contributed by atoms with Crippen molar-refractivity contribution in [2.24, 2.45) is 4.99 Å². The monoisotopic (exact) mass is 289 g/mol. The minimum atomic E-state index is 0.730. The van der Waals surface area contributed by atoms with Crippen molar-refractivity contribution in [1.82, 2.24) is 10.2 Å². The van der Waals surface area contributed by atoms with Crippen molar-refractivity contribution >= 4 is 34.7 Å². The van der Waals surface area contributed by atoms with Gasteiger partial charge in [0.1, 0.15) is 11.6 Å². The van der Waals surface area contributed by atoms with E-state index in [1.54, 1.807) is 42.2 Å². The lowest BCUT2D eigenvalue weighted by molar-refractivity contribution is 0.416. The minimum absolute atomic E-state index is 0.730. The SMILES string of the molecule is COc1cc(-c2cccs2)sc1/C=N/c1ccn[nH]1. The Morgan fingerprint density at radius 1 is 1.37 bits per heavy atom. The molecule has 0 spiro atoms. The lowest BCUT2D eigenvalue weighted by Crippen LogP contribution is -1.83. The maximum absolute atomic E-state index is 5.39. The second-order valence-electron chi connectivity index (χ2n) is 3.72. The number of aromatic nitrogens is 2. The van der Waals surface area contributed by atoms with Crippen molar-refractivity contribution in [2.75, 3.05) is 7.11 Å². The molecule has 0 radical (unpaired) electrons. The van der Waals surface area contributed by atoms with Crippen LogP contribution in [0.25, 0.3) is 9.75 Å². The van der Waals surface area contributed by atoms with Crippen molar-refractivity contribution in [3.05, 3.63) is 40.7 Å². The lowest BCUT2D eigenvalue weighted by Gasteiger charge is -1.94. The van der Waals surface area contributed by atoms with Gasteiger partial charge in [-0.15, -0.1) is 22.7 Å². The van der Waals surface area contributed by atoms with Crippen molar-refractivity contribution < 1.29 is 4.74 Å². The van der Waals surface area contributed by atoms with E-state index < -0.39 is 0 Å². The minimum Gasteiger partial charge on any atom is -0.495 e. The quantitative estimate of drug-likeness (QED) is 0.739. The summed E-state index contributed by atoms with van der Waals surface area (Å²) in [6.07, 6.45) is 3.48. The Bertz CT molecular complexity index is 669. The zero-order chi connectivity index (χ0) is 13.1. The molecule has 1 N–H and O–H groups in total. The summed E-state index contributed by atoms with van der Waals surface area (Å²) in [7, 11) is 1.67. The molecule has 19 heavy (non-hydrogen) atoms. The summed E-state index contributed by atoms with van der Waals surface area (Å²) in [6.45, 7) is 0. The third-order valence-electron chi connectivity index (χ3n) is 2.52. The van der Waals surface area contributed by atoms with E-state index in [1.807, 2.05) is 18.2 Å². The van der Waals surface area contributed by atoms with Crippen LogP contribution in [0.5, 0.6) is 5.75 Å². The van der Waals surface area contributed by atoms with Crippen LogP contribution in [0.15, 0.2) is 40.8 Å². The highest BCUT2D eigenvalue weighted by molar-refractivity contribution is 7.22. The Morgan fingerprint density at radius 3 is 3.00 bits per heavy atom. The fourth-order valence-corrected chi connectivity index (χ4v) is 3.45. The highest BCUT2D eigenvalue weighted by Crippen LogP contribution is 2.37. The van der Waals surface area contributed by atoms with E-state index in [2.05, 4.69) is 26.6 Å². The molecule has 0 aliphatic carbocycles. The third kappa shape index (κ3) is 2.59. The van der Waals surface area contributed by atoms with Crippen LogP contribution < -0.4 is 4.74 Å². The lowest BCUT2D eigenvalue weighted by atomic mass is 10.3. The smallest absolute Gasteiger partial charge is 0.147 e. The third-order valence-corrected chi connectivity index (χ3v) is 4.63. The molecule has 0 aliphatic rings. The maximum atomic E-state index is 5.39. The van der Waals surface area contributed by atoms with Crippen LogP contribution >= 0.6 is 22.7 Å². The molecular formula is C13H11N3OS2. The standard InChI is InChI=1S/C13H11N3OS2/c1-17-9-7-11(10-3-2-6-18-10)19-12(9)8-14-13-4-5-15-16-13/h2-8H,1H3,(H,15,16)/b14-8+. The number of aliphatic imine (C=N–C) groups is 1. The summed E-state index contributed by atoms with van der Waals surface area (Å²) in [6, 6.07) is 8.01. The van der Waals surface area contributed by atoms with Gasteiger partial charge in [-0.25, -0.2) is 4.99 Å². The number of methoxy groups -OCH3 is 1. The van der Waals surface area contributed by atoms with Gasteiger partial charge in [0.15, 0.2) is 0 Å². The first kappa shape index (κ1) is 12.1. The van der Waals surface area contributed by atoms with E-state index in [4.69, 9.17) is 4.74 Å². The summed E-state index contributed by atoms with van der Waals surface area (Å²) in [5, 5.41) is 8.72. The Kier molecular flexibility index (Phi) is 3.43. The van der Waals surface area contributed by atoms with Crippen molar-refractivity contribution in [3.8, 4) is 15.5 Å². The summed E-state index contributed by atoms with van der Waals surface area (Å²) < 4.78 is 5.39. The maximum Gasteiger partial charge on any atom is 0.147 e. The van der Waals surface area contributed by atoms with Crippen LogP contribution in [-0.4, -0.2) is 23.5 Å². The van der Waals surface area contributed by atoms with E-state index >= 15 is 0 Å². The molecule has 3 aromatic heterocycles. The van der Waals surface area contributed by atoms with Crippen LogP contribution in [0, 0.1) is 0 Å². The largest absolute Gasteiger partial charge is 0.495 e. The molecule has 0 unspecified atom stereocenters. The Morgan fingerprint density at radius 2 is 2.32 bits per heavy atom. The molecule has 0 saturated heterocycles. The normalized spacial score (nSPS) is 11.2. The van der Waals surface area contributed by atoms with Gasteiger partial charge in [0.05, 0.1) is 24.4 Å². The molecule has 6 heteroatoms. The number of thiophene rings is 2. The second-order valence-corrected chi connectivity index (χ2v) is 5.75. The Balaban J connectivity index is 1.92. The summed E-state index contributed by atoms with van der Waals surface area (Å²) >= 11 is 3.38. The summed E-state index contributed by atoms with van der Waals surface area (Å²) in [5.74, 6) is 1.57. The van der Waals surface area contributed by atoms with E-state index in [1.165, 1.54) is 9.75 Å². The van der Waals surface area contributed by atoms with E-state index in [0.29, 0.717) is 0 Å². The molecule has 0 atom stereocenters. The van der Waals surface area contributed by atoms with Gasteiger partial charge in [-0.05, 0) is 11.4 Å². The Hall–Kier alpha value is -1.92. The zero-order valence-electron chi connectivity index (χ0n) is 10.2. The van der Waals surface area contributed by atoms with Crippen LogP contribution in [-0.2, 0) is 0 Å². The van der Waals surface area contributed by atoms with Crippen LogP contribution in [0.3, 0.4) is 0 Å². The number of H-pyrrole nitrogens is 1. The second kappa shape index (κ2) is 5.38. The molecule has 0 aliphatic heterocycles. The highest BCUT2D eigenvalue weighted by atomic mass is 32.1. The predicted octanol–water partition coefficient (Wildman–Crippen LogP) is 3.96. The fourth-order valence-electron chi connectivity index (χ4n) is 1.63. The van der Waals surface area contributed by atoms with Gasteiger partial charge in [0.25, 0.3) is 0 Å². The molecular weight excluding hydrogens is 278 g/mol. The number of nitrogens with one attached hydrogen (secondary N) is 1. The average Bonchev–Trinajstić information content (AvgIpc) is 3.16. The number of aromatic amines is 1. The van der Waals surface area contributed by atoms with Crippen LogP contribution in [0.1, 0.15) is 4.88 Å². The molecule has 3 rings (SSSR count). The van der Waals surface area contributed by atoms with Crippen molar-refractivity contribution in [1.29, 1.82) is 0 Å². The molecule has 0 saturated carbocycles. The van der Waals surface area contributed by atoms with Gasteiger partial charge in [-0.2, -0.15) is 5.10 Å². The first-order valence-electron chi connectivity index (χ1n) is 5.62. The summed E-state index contributed by atoms with van der Waals surface area (Å²) in [4.78, 5) is 7.76. The van der Waals surface area contributed by atoms with Crippen LogP contribution in [0.2, 0.25) is 0 Å². The van der Waals surface area contributed by atoms with Gasteiger partial charge < -0.3 is 4.74 Å². The Labute approximate surface area is 118 Å². The predicted molar refractivity (Wildman–Crippen MR) is 80.0 cm³/mol. The molecule has 3 heterocycles. The highest BCUT2D eigenvalue weighted by Gasteiger charge is 2.10. The number of hydrogen-bond acceptors (Lipinski definition) is 5. The number of hydrogen-bond donors (Lipinski definition) is 1. The first-order chi connectivity index (χ1) is 9.36. The zero-order valence-corrected chi connectivity index (χ0v) is 11.8. The molecule has 4 nitrogen and oxygen atoms in total. The van der Waals surface area contributed by atoms with Gasteiger partial charge >= 0.3 is 0 Å². The van der Waals surface area contributed by atoms with Gasteiger partial charge in [-0.1, -0.05) is 6.07 Å². The molecule has 96 valence electrons. The first-order valence-corrected chi connectivity index (χ1v) is 7.31. The molecule has 3 aromatic rings. The van der Waals surface area contributed by atoms with Gasteiger partial charge in [-0.3, -0.25) is 5.10 Å². The molecule has 0 amide bonds.